The molecule has 6 bridgehead atoms. The monoisotopic (exact) mass is 911 g/mol. The normalized spacial score (nSPS) is 14.3. The number of anilines is 6. The molecule has 334 valence electrons. The first-order valence-corrected chi connectivity index (χ1v) is 17.5. The molecule has 3 amide bonds. The Hall–Kier alpha value is -6.99. The fourth-order valence-corrected chi connectivity index (χ4v) is 5.18. The summed E-state index contributed by atoms with van der Waals surface area (Å²) < 4.78 is 95.2. The molecule has 1 atom stereocenters. The number of carboxylic acids is 3. The molecule has 17 nitrogen and oxygen atoms in total. The van der Waals surface area contributed by atoms with Crippen molar-refractivity contribution >= 4 is 76.0 Å². The summed E-state index contributed by atoms with van der Waals surface area (Å²) in [6, 6.07) is 11.2. The zero-order valence-electron chi connectivity index (χ0n) is 31.1. The van der Waals surface area contributed by atoms with E-state index in [4.69, 9.17) is 41.3 Å². The van der Waals surface area contributed by atoms with E-state index in [2.05, 4.69) is 41.2 Å². The molecular weight excluding hydrogens is 881 g/mol. The van der Waals surface area contributed by atoms with Crippen molar-refractivity contribution in [3.05, 3.63) is 83.5 Å². The van der Waals surface area contributed by atoms with E-state index in [1.807, 2.05) is 30.5 Å². The van der Waals surface area contributed by atoms with E-state index >= 15 is 0 Å². The number of aromatic nitrogens is 4. The van der Waals surface area contributed by atoms with Gasteiger partial charge in [-0.3, -0.25) is 14.8 Å². The van der Waals surface area contributed by atoms with Gasteiger partial charge in [0, 0.05) is 43.3 Å². The van der Waals surface area contributed by atoms with Crippen molar-refractivity contribution in [3.8, 4) is 0 Å². The Labute approximate surface area is 347 Å². The van der Waals surface area contributed by atoms with Gasteiger partial charge in [0.25, 0.3) is 0 Å². The molecule has 6 rings (SSSR count). The van der Waals surface area contributed by atoms with Crippen molar-refractivity contribution in [2.45, 2.75) is 44.2 Å². The number of alkyl halides is 9. The standard InChI is InChI=1S/C29H28ClN9O2.3C2HF3O2/c30-24-16-33-28-35-23-10-18(13-32-15-23)3-4-20-12-21(34-27(24)38-28)5-6-25(20)37-26(40)11-19-7-9-39(17-19)29(41)36-22-2-1-8-31-14-22;3*3-2(4,5)1(6)7/h1-2,5-6,8,10,12-16,19H,3-4,7,9,11,17H2,(H,36,41)(H,37,40)(H2,33,34,35,38);3*(H,6,7)/t19-;;;/m0.../s1. The number of nitrogens with one attached hydrogen (secondary N) is 4. The minimum absolute atomic E-state index is 0.0797. The highest BCUT2D eigenvalue weighted by atomic mass is 35.5. The maximum absolute atomic E-state index is 13.1. The molecule has 4 aromatic rings. The highest BCUT2D eigenvalue weighted by molar-refractivity contribution is 6.32. The van der Waals surface area contributed by atoms with Crippen LogP contribution < -0.4 is 21.3 Å². The van der Waals surface area contributed by atoms with Gasteiger partial charge in [0.1, 0.15) is 5.02 Å². The number of fused-ring (bicyclic) bond motifs is 6. The number of aliphatic carboxylic acids is 3. The van der Waals surface area contributed by atoms with E-state index < -0.39 is 36.4 Å². The number of pyridine rings is 2. The summed E-state index contributed by atoms with van der Waals surface area (Å²) in [7, 11) is 0. The third-order valence-electron chi connectivity index (χ3n) is 7.81. The van der Waals surface area contributed by atoms with Crippen molar-refractivity contribution in [3.63, 3.8) is 0 Å². The SMILES string of the molecule is O=C(C[C@@H]1CCN(C(=O)Nc2cccnc2)C1)Nc1ccc2cc1CCc1cncc(c1)Nc1ncc(Cl)c(n1)N2.O=C(O)C(F)(F)F.O=C(O)C(F)(F)F.O=C(O)C(F)(F)F. The molecule has 1 aromatic carbocycles. The van der Waals surface area contributed by atoms with Gasteiger partial charge >= 0.3 is 42.5 Å². The maximum atomic E-state index is 13.1. The highest BCUT2D eigenvalue weighted by Crippen LogP contribution is 2.30. The number of carbonyl (C=O) groups is 5. The lowest BCUT2D eigenvalue weighted by atomic mass is 10.0. The molecule has 2 aliphatic heterocycles. The van der Waals surface area contributed by atoms with Crippen LogP contribution in [-0.4, -0.2) is 102 Å². The van der Waals surface area contributed by atoms with Crippen LogP contribution >= 0.6 is 11.6 Å². The summed E-state index contributed by atoms with van der Waals surface area (Å²) in [4.78, 5) is 71.3. The highest BCUT2D eigenvalue weighted by Gasteiger charge is 2.39. The van der Waals surface area contributed by atoms with Crippen molar-refractivity contribution < 1.29 is 78.8 Å². The lowest BCUT2D eigenvalue weighted by molar-refractivity contribution is -0.193. The van der Waals surface area contributed by atoms with Gasteiger partial charge in [0.15, 0.2) is 5.82 Å². The Morgan fingerprint density at radius 3 is 1.98 bits per heavy atom. The Kier molecular flexibility index (Phi) is 17.1. The third-order valence-corrected chi connectivity index (χ3v) is 8.08. The molecule has 7 N–H and O–H groups in total. The van der Waals surface area contributed by atoms with Crippen molar-refractivity contribution in [2.24, 2.45) is 5.92 Å². The number of aryl methyl sites for hydroxylation is 2. The molecule has 27 heteroatoms. The second-order valence-corrected chi connectivity index (χ2v) is 12.9. The van der Waals surface area contributed by atoms with Gasteiger partial charge in [0.2, 0.25) is 11.9 Å². The molecule has 0 spiro atoms. The first-order valence-electron chi connectivity index (χ1n) is 17.1. The molecule has 5 heterocycles. The fraction of sp³-hybridized carbons (Fsp3) is 0.286. The lowest BCUT2D eigenvalue weighted by Gasteiger charge is -2.18. The second kappa shape index (κ2) is 21.5. The third kappa shape index (κ3) is 16.6. The fourth-order valence-electron chi connectivity index (χ4n) is 5.04. The average molecular weight is 912 g/mol. The van der Waals surface area contributed by atoms with E-state index in [1.165, 1.54) is 6.20 Å². The van der Waals surface area contributed by atoms with Gasteiger partial charge in [-0.15, -0.1) is 0 Å². The number of carboxylic acid groups (broad SMARTS) is 3. The molecule has 1 saturated heterocycles. The number of halogens is 10. The molecular formula is C35H31ClF9N9O8. The van der Waals surface area contributed by atoms with E-state index in [1.54, 1.807) is 35.6 Å². The lowest BCUT2D eigenvalue weighted by Crippen LogP contribution is -2.33. The summed E-state index contributed by atoms with van der Waals surface area (Å²) in [5, 5.41) is 34.2. The topological polar surface area (TPSA) is 249 Å². The van der Waals surface area contributed by atoms with E-state index in [0.29, 0.717) is 48.4 Å². The number of hydrogen-bond donors (Lipinski definition) is 7. The average Bonchev–Trinajstić information content (AvgIpc) is 3.64. The van der Waals surface area contributed by atoms with Crippen molar-refractivity contribution in [1.82, 2.24) is 24.8 Å². The predicted molar refractivity (Wildman–Crippen MR) is 199 cm³/mol. The van der Waals surface area contributed by atoms with Gasteiger partial charge in [-0.25, -0.2) is 24.2 Å². The van der Waals surface area contributed by atoms with Gasteiger partial charge < -0.3 is 41.5 Å². The molecule has 0 unspecified atom stereocenters. The number of urea groups is 1. The van der Waals surface area contributed by atoms with Crippen LogP contribution in [0.1, 0.15) is 24.0 Å². The van der Waals surface area contributed by atoms with Crippen LogP contribution in [0.3, 0.4) is 0 Å². The number of benzene rings is 1. The molecule has 0 radical (unpaired) electrons. The molecule has 3 aromatic heterocycles. The largest absolute Gasteiger partial charge is 0.490 e. The van der Waals surface area contributed by atoms with Crippen LogP contribution in [-0.2, 0) is 32.0 Å². The smallest absolute Gasteiger partial charge is 0.475 e. The van der Waals surface area contributed by atoms with Crippen LogP contribution in [0.25, 0.3) is 0 Å². The van der Waals surface area contributed by atoms with E-state index in [-0.39, 0.29) is 17.9 Å². The second-order valence-electron chi connectivity index (χ2n) is 12.5. The number of nitrogens with zero attached hydrogens (tertiary/aromatic N) is 5. The van der Waals surface area contributed by atoms with Crippen LogP contribution in [0.4, 0.5) is 78.8 Å². The molecule has 62 heavy (non-hydrogen) atoms. The zero-order chi connectivity index (χ0) is 46.4. The Morgan fingerprint density at radius 1 is 0.774 bits per heavy atom. The van der Waals surface area contributed by atoms with Gasteiger partial charge in [-0.1, -0.05) is 11.6 Å². The Morgan fingerprint density at radius 2 is 1.40 bits per heavy atom. The van der Waals surface area contributed by atoms with Crippen LogP contribution in [0.5, 0.6) is 0 Å². The Bertz CT molecular complexity index is 2160. The number of likely N-dealkylation sites (tertiary alicyclic amines) is 1. The molecule has 0 aliphatic carbocycles. The van der Waals surface area contributed by atoms with E-state index in [0.717, 1.165) is 41.0 Å². The summed E-state index contributed by atoms with van der Waals surface area (Å²) in [6.07, 6.45) is -4.41. The minimum Gasteiger partial charge on any atom is -0.475 e. The number of hydrogen-bond acceptors (Lipinski definition) is 11. The number of amides is 3. The minimum atomic E-state index is -5.08. The Balaban J connectivity index is 0.000000403. The van der Waals surface area contributed by atoms with Crippen molar-refractivity contribution in [1.29, 1.82) is 0 Å². The summed E-state index contributed by atoms with van der Waals surface area (Å²) in [6.45, 7) is 1.12. The maximum Gasteiger partial charge on any atom is 0.490 e. The number of rotatable bonds is 4. The number of carbonyl (C=O) groups excluding carboxylic acids is 2. The summed E-state index contributed by atoms with van der Waals surface area (Å²) in [5.74, 6) is -7.41. The van der Waals surface area contributed by atoms with Gasteiger partial charge in [-0.05, 0) is 72.7 Å². The van der Waals surface area contributed by atoms with Crippen LogP contribution in [0, 0.1) is 5.92 Å². The molecule has 1 fully saturated rings. The first kappa shape index (κ1) is 49.4. The predicted octanol–water partition coefficient (Wildman–Crippen LogP) is 7.29. The molecule has 0 saturated carbocycles. The van der Waals surface area contributed by atoms with Crippen molar-refractivity contribution in [2.75, 3.05) is 34.4 Å². The zero-order valence-corrected chi connectivity index (χ0v) is 31.8. The summed E-state index contributed by atoms with van der Waals surface area (Å²) >= 11 is 6.37. The van der Waals surface area contributed by atoms with Gasteiger partial charge in [0.05, 0.1) is 30.0 Å². The van der Waals surface area contributed by atoms with Crippen LogP contribution in [0.2, 0.25) is 5.02 Å². The van der Waals surface area contributed by atoms with Crippen LogP contribution in [0.15, 0.2) is 67.4 Å². The van der Waals surface area contributed by atoms with E-state index in [9.17, 15) is 49.1 Å². The summed E-state index contributed by atoms with van der Waals surface area (Å²) in [5.41, 5.74) is 4.96. The quantitative estimate of drug-likeness (QED) is 0.0994. The molecule has 2 aliphatic rings. The first-order chi connectivity index (χ1) is 28.8. The van der Waals surface area contributed by atoms with Gasteiger partial charge in [-0.2, -0.15) is 44.5 Å².